The van der Waals surface area contributed by atoms with Gasteiger partial charge in [0.1, 0.15) is 9.92 Å². The van der Waals surface area contributed by atoms with Gasteiger partial charge in [0.2, 0.25) is 0 Å². The number of nitrogens with one attached hydrogen (secondary N) is 2. The summed E-state index contributed by atoms with van der Waals surface area (Å²) in [5.74, 6) is 0. The quantitative estimate of drug-likeness (QED) is 0.862. The Morgan fingerprint density at radius 3 is 2.78 bits per heavy atom. The summed E-state index contributed by atoms with van der Waals surface area (Å²) in [6, 6.07) is 1.08. The fourth-order valence-electron chi connectivity index (χ4n) is 1.28. The predicted octanol–water partition coefficient (Wildman–Crippen LogP) is 0.563. The molecule has 0 bridgehead atoms. The van der Waals surface area contributed by atoms with E-state index in [-0.39, 0.29) is 9.92 Å². The molecule has 18 heavy (non-hydrogen) atoms. The lowest BCUT2D eigenvalue weighted by molar-refractivity contribution is 0.600. The van der Waals surface area contributed by atoms with Gasteiger partial charge >= 0.3 is 0 Å². The molecule has 0 unspecified atom stereocenters. The molecule has 2 heterocycles. The summed E-state index contributed by atoms with van der Waals surface area (Å²) in [6.45, 7) is 0. The lowest BCUT2D eigenvalue weighted by atomic mass is 10.5. The Morgan fingerprint density at radius 1 is 1.50 bits per heavy atom. The summed E-state index contributed by atoms with van der Waals surface area (Å²) in [6.07, 6.45) is 3.95. The number of nitrogens with zero attached hydrogens (tertiary/aromatic N) is 2. The van der Waals surface area contributed by atoms with Crippen molar-refractivity contribution < 1.29 is 8.42 Å². The van der Waals surface area contributed by atoms with Gasteiger partial charge in [-0.15, -0.1) is 0 Å². The molecule has 7 nitrogen and oxygen atoms in total. The minimum absolute atomic E-state index is 0.129. The molecular formula is C9H9ClN4O3S. The van der Waals surface area contributed by atoms with Crippen LogP contribution in [0.1, 0.15) is 0 Å². The van der Waals surface area contributed by atoms with E-state index < -0.39 is 15.6 Å². The molecule has 0 saturated carbocycles. The maximum atomic E-state index is 11.9. The molecule has 0 amide bonds. The van der Waals surface area contributed by atoms with Crippen molar-refractivity contribution >= 4 is 27.3 Å². The zero-order valence-electron chi connectivity index (χ0n) is 9.21. The number of aromatic nitrogens is 3. The lowest BCUT2D eigenvalue weighted by Gasteiger charge is -2.05. The fraction of sp³-hybridized carbons (Fsp3) is 0.111. The monoisotopic (exact) mass is 288 g/mol. The number of H-pyrrole nitrogens is 1. The van der Waals surface area contributed by atoms with Crippen LogP contribution in [-0.2, 0) is 17.1 Å². The molecule has 0 radical (unpaired) electrons. The third-order valence-electron chi connectivity index (χ3n) is 2.10. The summed E-state index contributed by atoms with van der Waals surface area (Å²) in [4.78, 5) is 13.2. The molecule has 0 saturated heterocycles. The second kappa shape index (κ2) is 4.46. The number of aryl methyl sites for hydroxylation is 1. The van der Waals surface area contributed by atoms with E-state index in [9.17, 15) is 13.2 Å². The van der Waals surface area contributed by atoms with Crippen molar-refractivity contribution in [2.24, 2.45) is 7.05 Å². The van der Waals surface area contributed by atoms with Gasteiger partial charge in [0.05, 0.1) is 11.9 Å². The molecule has 0 aliphatic rings. The van der Waals surface area contributed by atoms with Crippen molar-refractivity contribution in [3.63, 3.8) is 0 Å². The van der Waals surface area contributed by atoms with E-state index in [0.717, 1.165) is 12.3 Å². The van der Waals surface area contributed by atoms with Gasteiger partial charge in [0.15, 0.2) is 0 Å². The van der Waals surface area contributed by atoms with Gasteiger partial charge < -0.3 is 4.98 Å². The maximum Gasteiger partial charge on any atom is 0.266 e. The largest absolute Gasteiger partial charge is 0.326 e. The van der Waals surface area contributed by atoms with Crippen molar-refractivity contribution in [1.82, 2.24) is 14.8 Å². The van der Waals surface area contributed by atoms with Crippen LogP contribution in [0.2, 0.25) is 5.02 Å². The molecule has 0 aromatic carbocycles. The van der Waals surface area contributed by atoms with Gasteiger partial charge in [0.25, 0.3) is 15.6 Å². The number of halogens is 1. The van der Waals surface area contributed by atoms with Crippen LogP contribution in [0.5, 0.6) is 0 Å². The summed E-state index contributed by atoms with van der Waals surface area (Å²) in [5, 5.41) is 3.64. The van der Waals surface area contributed by atoms with E-state index in [4.69, 9.17) is 11.6 Å². The molecule has 96 valence electrons. The van der Waals surface area contributed by atoms with Gasteiger partial charge in [0, 0.05) is 19.4 Å². The van der Waals surface area contributed by atoms with E-state index in [1.165, 1.54) is 17.1 Å². The Labute approximate surface area is 107 Å². The maximum absolute atomic E-state index is 11.9. The van der Waals surface area contributed by atoms with Crippen molar-refractivity contribution in [2.75, 3.05) is 4.72 Å². The molecule has 2 rings (SSSR count). The smallest absolute Gasteiger partial charge is 0.266 e. The Hall–Kier alpha value is -1.80. The number of sulfonamides is 1. The Kier molecular flexibility index (Phi) is 3.14. The van der Waals surface area contributed by atoms with Crippen LogP contribution < -0.4 is 10.3 Å². The molecule has 0 fully saturated rings. The third kappa shape index (κ3) is 2.54. The fourth-order valence-corrected chi connectivity index (χ4v) is 2.54. The molecule has 0 aliphatic heterocycles. The van der Waals surface area contributed by atoms with Crippen LogP contribution in [0.15, 0.2) is 34.3 Å². The van der Waals surface area contributed by atoms with Crippen LogP contribution in [0.4, 0.5) is 5.69 Å². The zero-order valence-corrected chi connectivity index (χ0v) is 10.8. The van der Waals surface area contributed by atoms with E-state index in [1.807, 2.05) is 0 Å². The van der Waals surface area contributed by atoms with Crippen LogP contribution in [0.3, 0.4) is 0 Å². The number of pyridine rings is 1. The van der Waals surface area contributed by atoms with Crippen molar-refractivity contribution in [3.8, 4) is 0 Å². The summed E-state index contributed by atoms with van der Waals surface area (Å²) < 4.78 is 27.7. The molecule has 2 aromatic heterocycles. The van der Waals surface area contributed by atoms with E-state index in [0.29, 0.717) is 5.69 Å². The molecule has 0 aliphatic carbocycles. The Morgan fingerprint density at radius 2 is 2.22 bits per heavy atom. The Balaban J connectivity index is 2.36. The molecule has 2 N–H and O–H groups in total. The first-order valence-corrected chi connectivity index (χ1v) is 6.64. The topological polar surface area (TPSA) is 96.9 Å². The van der Waals surface area contributed by atoms with Gasteiger partial charge in [-0.05, 0) is 6.07 Å². The average molecular weight is 289 g/mol. The first-order valence-electron chi connectivity index (χ1n) is 4.78. The minimum Gasteiger partial charge on any atom is -0.326 e. The molecular weight excluding hydrogens is 280 g/mol. The SMILES string of the molecule is Cn1cc(NS(=O)(=O)c2c[nH]c(=O)c(Cl)c2)cn1. The molecule has 0 atom stereocenters. The first-order chi connectivity index (χ1) is 8.38. The van der Waals surface area contributed by atoms with E-state index >= 15 is 0 Å². The lowest BCUT2D eigenvalue weighted by Crippen LogP contribution is -2.15. The van der Waals surface area contributed by atoms with Crippen molar-refractivity contribution in [2.45, 2.75) is 4.90 Å². The third-order valence-corrected chi connectivity index (χ3v) is 3.74. The molecule has 9 heteroatoms. The van der Waals surface area contributed by atoms with Gasteiger partial charge in [-0.1, -0.05) is 11.6 Å². The van der Waals surface area contributed by atoms with Crippen LogP contribution in [-0.4, -0.2) is 23.2 Å². The number of anilines is 1. The highest BCUT2D eigenvalue weighted by Gasteiger charge is 2.16. The van der Waals surface area contributed by atoms with Crippen molar-refractivity contribution in [1.29, 1.82) is 0 Å². The highest BCUT2D eigenvalue weighted by atomic mass is 35.5. The van der Waals surface area contributed by atoms with Crippen LogP contribution in [0, 0.1) is 0 Å². The van der Waals surface area contributed by atoms with E-state index in [2.05, 4.69) is 14.8 Å². The normalized spacial score (nSPS) is 11.4. The standard InChI is InChI=1S/C9H9ClN4O3S/c1-14-5-6(3-12-14)13-18(16,17)7-2-8(10)9(15)11-4-7/h2-5,13H,1H3,(H,11,15). The molecule has 0 spiro atoms. The molecule has 2 aromatic rings. The van der Waals surface area contributed by atoms with Crippen LogP contribution >= 0.6 is 11.6 Å². The Bertz CT molecular complexity index is 734. The number of hydrogen-bond acceptors (Lipinski definition) is 4. The van der Waals surface area contributed by atoms with Crippen molar-refractivity contribution in [3.05, 3.63) is 40.0 Å². The van der Waals surface area contributed by atoms with Crippen LogP contribution in [0.25, 0.3) is 0 Å². The predicted molar refractivity (Wildman–Crippen MR) is 66.1 cm³/mol. The second-order valence-corrected chi connectivity index (χ2v) is 5.61. The highest BCUT2D eigenvalue weighted by Crippen LogP contribution is 2.15. The number of rotatable bonds is 3. The van der Waals surface area contributed by atoms with Gasteiger partial charge in [-0.25, -0.2) is 8.42 Å². The summed E-state index contributed by atoms with van der Waals surface area (Å²) >= 11 is 5.57. The van der Waals surface area contributed by atoms with Gasteiger partial charge in [-0.3, -0.25) is 14.2 Å². The zero-order chi connectivity index (χ0) is 13.3. The second-order valence-electron chi connectivity index (χ2n) is 3.52. The average Bonchev–Trinajstić information content (AvgIpc) is 2.67. The minimum atomic E-state index is -3.80. The highest BCUT2D eigenvalue weighted by molar-refractivity contribution is 7.92. The first kappa shape index (κ1) is 12.7. The van der Waals surface area contributed by atoms with E-state index in [1.54, 1.807) is 7.05 Å². The van der Waals surface area contributed by atoms with Gasteiger partial charge in [-0.2, -0.15) is 5.10 Å². The summed E-state index contributed by atoms with van der Waals surface area (Å²) in [7, 11) is -2.14. The number of hydrogen-bond donors (Lipinski definition) is 2. The summed E-state index contributed by atoms with van der Waals surface area (Å²) in [5.41, 5.74) is -0.225. The number of aromatic amines is 1.